The molecular weight excluding hydrogens is 454 g/mol. The van der Waals surface area contributed by atoms with Crippen molar-refractivity contribution in [2.45, 2.75) is 11.8 Å². The molecule has 1 heterocycles. The number of carboxylic acid groups (broad SMARTS) is 1. The summed E-state index contributed by atoms with van der Waals surface area (Å²) < 4.78 is 53.3. The standard InChI is InChI=1S/C17H17N3O9S2/c1-2-19(30(26,27)11-4-6-14(21)12(8-11)17(24)25)10-3-5-13(15(22)7-10)20-9-16(23)18-31(20,28)29/h3-8,21-22H,2,9H2,1H3,(H,18,23)(H,24,25). The number of hydrogen-bond acceptors (Lipinski definition) is 8. The van der Waals surface area contributed by atoms with Crippen molar-refractivity contribution in [2.24, 2.45) is 0 Å². The monoisotopic (exact) mass is 471 g/mol. The van der Waals surface area contributed by atoms with E-state index in [4.69, 9.17) is 5.11 Å². The number of carbonyl (C=O) groups is 2. The van der Waals surface area contributed by atoms with Crippen molar-refractivity contribution < 1.29 is 41.7 Å². The van der Waals surface area contributed by atoms with Crippen LogP contribution in [0.5, 0.6) is 11.5 Å². The van der Waals surface area contributed by atoms with Gasteiger partial charge in [-0.1, -0.05) is 0 Å². The van der Waals surface area contributed by atoms with E-state index in [0.717, 1.165) is 34.6 Å². The Bertz CT molecular complexity index is 1290. The highest BCUT2D eigenvalue weighted by Crippen LogP contribution is 2.36. The molecule has 0 aliphatic carbocycles. The Balaban J connectivity index is 2.03. The summed E-state index contributed by atoms with van der Waals surface area (Å²) in [4.78, 5) is 22.2. The molecule has 2 aromatic rings. The van der Waals surface area contributed by atoms with Crippen molar-refractivity contribution in [1.29, 1.82) is 0 Å². The van der Waals surface area contributed by atoms with E-state index in [1.165, 1.54) is 13.0 Å². The SMILES string of the molecule is CCN(c1ccc(N2CC(=O)NS2(=O)=O)c(O)c1)S(=O)(=O)c1ccc(O)c(C(=O)O)c1. The number of hydrogen-bond donors (Lipinski definition) is 4. The van der Waals surface area contributed by atoms with Gasteiger partial charge in [0, 0.05) is 12.6 Å². The molecule has 4 N–H and O–H groups in total. The van der Waals surface area contributed by atoms with Gasteiger partial charge in [-0.15, -0.1) is 0 Å². The number of anilines is 2. The van der Waals surface area contributed by atoms with Gasteiger partial charge in [0.05, 0.1) is 16.3 Å². The number of aromatic hydroxyl groups is 2. The van der Waals surface area contributed by atoms with E-state index in [1.807, 2.05) is 0 Å². The molecule has 1 amide bonds. The highest BCUT2D eigenvalue weighted by Gasteiger charge is 2.36. The third-order valence-corrected chi connectivity index (χ3v) is 7.70. The number of phenols is 2. The van der Waals surface area contributed by atoms with Gasteiger partial charge in [0.15, 0.2) is 0 Å². The van der Waals surface area contributed by atoms with Crippen LogP contribution in [0.2, 0.25) is 0 Å². The molecule has 1 aliphatic rings. The van der Waals surface area contributed by atoms with E-state index in [-0.39, 0.29) is 17.9 Å². The predicted octanol–water partition coefficient (Wildman–Crippen LogP) is 0.192. The van der Waals surface area contributed by atoms with Crippen molar-refractivity contribution in [3.63, 3.8) is 0 Å². The Hall–Kier alpha value is -3.52. The van der Waals surface area contributed by atoms with Crippen LogP contribution >= 0.6 is 0 Å². The fraction of sp³-hybridized carbons (Fsp3) is 0.176. The molecule has 0 unspecified atom stereocenters. The van der Waals surface area contributed by atoms with Crippen molar-refractivity contribution in [3.8, 4) is 11.5 Å². The largest absolute Gasteiger partial charge is 0.507 e. The lowest BCUT2D eigenvalue weighted by molar-refractivity contribution is -0.117. The summed E-state index contributed by atoms with van der Waals surface area (Å²) in [6.07, 6.45) is 0. The number of aromatic carboxylic acids is 1. The predicted molar refractivity (Wildman–Crippen MR) is 108 cm³/mol. The van der Waals surface area contributed by atoms with Crippen molar-refractivity contribution in [1.82, 2.24) is 4.72 Å². The first-order valence-corrected chi connectivity index (χ1v) is 11.5. The topological polar surface area (TPSA) is 182 Å². The molecule has 0 spiro atoms. The second-order valence-electron chi connectivity index (χ2n) is 6.36. The van der Waals surface area contributed by atoms with Gasteiger partial charge in [0.2, 0.25) is 0 Å². The lowest BCUT2D eigenvalue weighted by Gasteiger charge is -2.24. The Kier molecular flexibility index (Phi) is 5.45. The van der Waals surface area contributed by atoms with E-state index >= 15 is 0 Å². The quantitative estimate of drug-likeness (QED) is 0.457. The maximum atomic E-state index is 13.1. The third-order valence-electron chi connectivity index (χ3n) is 4.41. The molecule has 0 bridgehead atoms. The molecular formula is C17H17N3O9S2. The maximum Gasteiger partial charge on any atom is 0.339 e. The van der Waals surface area contributed by atoms with Gasteiger partial charge in [-0.2, -0.15) is 8.42 Å². The van der Waals surface area contributed by atoms with Gasteiger partial charge in [-0.25, -0.2) is 22.2 Å². The Morgan fingerprint density at radius 2 is 1.84 bits per heavy atom. The first-order chi connectivity index (χ1) is 14.4. The summed E-state index contributed by atoms with van der Waals surface area (Å²) >= 11 is 0. The van der Waals surface area contributed by atoms with Gasteiger partial charge in [0.1, 0.15) is 23.6 Å². The smallest absolute Gasteiger partial charge is 0.339 e. The lowest BCUT2D eigenvalue weighted by Crippen LogP contribution is -2.31. The summed E-state index contributed by atoms with van der Waals surface area (Å²) in [7, 11) is -8.48. The van der Waals surface area contributed by atoms with Crippen molar-refractivity contribution in [3.05, 3.63) is 42.0 Å². The minimum Gasteiger partial charge on any atom is -0.507 e. The van der Waals surface area contributed by atoms with E-state index in [2.05, 4.69) is 0 Å². The number of amides is 1. The molecule has 1 aliphatic heterocycles. The molecule has 1 fully saturated rings. The molecule has 2 aromatic carbocycles. The fourth-order valence-corrected chi connectivity index (χ4v) is 5.66. The summed E-state index contributed by atoms with van der Waals surface area (Å²) in [5.41, 5.74) is -0.871. The molecule has 31 heavy (non-hydrogen) atoms. The van der Waals surface area contributed by atoms with Crippen LogP contribution in [-0.4, -0.2) is 57.1 Å². The summed E-state index contributed by atoms with van der Waals surface area (Å²) in [5.74, 6) is -3.51. The van der Waals surface area contributed by atoms with Crippen LogP contribution in [0.4, 0.5) is 11.4 Å². The molecule has 12 nitrogen and oxygen atoms in total. The van der Waals surface area contributed by atoms with Gasteiger partial charge < -0.3 is 15.3 Å². The lowest BCUT2D eigenvalue weighted by atomic mass is 10.2. The number of rotatable bonds is 6. The number of carbonyl (C=O) groups excluding carboxylic acids is 1. The molecule has 3 rings (SSSR count). The van der Waals surface area contributed by atoms with Crippen LogP contribution in [0.25, 0.3) is 0 Å². The minimum absolute atomic E-state index is 0.0374. The van der Waals surface area contributed by atoms with E-state index in [1.54, 1.807) is 4.72 Å². The maximum absolute atomic E-state index is 13.1. The van der Waals surface area contributed by atoms with Crippen LogP contribution in [0.15, 0.2) is 41.3 Å². The second kappa shape index (κ2) is 7.63. The molecule has 1 saturated heterocycles. The van der Waals surface area contributed by atoms with Crippen molar-refractivity contribution in [2.75, 3.05) is 21.7 Å². The molecule has 0 radical (unpaired) electrons. The molecule has 14 heteroatoms. The van der Waals surface area contributed by atoms with Gasteiger partial charge in [-0.05, 0) is 37.3 Å². The molecule has 0 saturated carbocycles. The number of nitrogens with one attached hydrogen (secondary N) is 1. The summed E-state index contributed by atoms with van der Waals surface area (Å²) in [6.45, 7) is 0.831. The number of benzene rings is 2. The highest BCUT2D eigenvalue weighted by molar-refractivity contribution is 7.93. The number of nitrogens with zero attached hydrogens (tertiary/aromatic N) is 2. The normalized spacial score (nSPS) is 15.5. The zero-order chi connectivity index (χ0) is 23.1. The number of phenolic OH excluding ortho intramolecular Hbond substituents is 1. The summed E-state index contributed by atoms with van der Waals surface area (Å²) in [6, 6.07) is 6.15. The van der Waals surface area contributed by atoms with Crippen molar-refractivity contribution >= 4 is 43.5 Å². The van der Waals surface area contributed by atoms with Crippen LogP contribution in [-0.2, 0) is 25.0 Å². The van der Waals surface area contributed by atoms with E-state index < -0.39 is 60.6 Å². The highest BCUT2D eigenvalue weighted by atomic mass is 32.2. The first kappa shape index (κ1) is 22.2. The van der Waals surface area contributed by atoms with E-state index in [0.29, 0.717) is 4.31 Å². The molecule has 0 aromatic heterocycles. The Labute approximate surface area is 177 Å². The average Bonchev–Trinajstić information content (AvgIpc) is 2.94. The third kappa shape index (κ3) is 3.94. The molecule has 0 atom stereocenters. The zero-order valence-corrected chi connectivity index (χ0v) is 17.5. The Morgan fingerprint density at radius 3 is 2.35 bits per heavy atom. The second-order valence-corrected chi connectivity index (χ2v) is 9.82. The number of sulfonamides is 1. The minimum atomic E-state index is -4.31. The van der Waals surface area contributed by atoms with Crippen LogP contribution in [0, 0.1) is 0 Å². The van der Waals surface area contributed by atoms with Gasteiger partial charge >= 0.3 is 16.2 Å². The van der Waals surface area contributed by atoms with Gasteiger partial charge in [-0.3, -0.25) is 9.10 Å². The Morgan fingerprint density at radius 1 is 1.16 bits per heavy atom. The zero-order valence-electron chi connectivity index (χ0n) is 15.9. The van der Waals surface area contributed by atoms with Gasteiger partial charge in [0.25, 0.3) is 15.9 Å². The number of carboxylic acids is 1. The first-order valence-electron chi connectivity index (χ1n) is 8.64. The average molecular weight is 471 g/mol. The summed E-state index contributed by atoms with van der Waals surface area (Å²) in [5, 5.41) is 29.1. The van der Waals surface area contributed by atoms with Crippen LogP contribution in [0.3, 0.4) is 0 Å². The van der Waals surface area contributed by atoms with Crippen LogP contribution < -0.4 is 13.3 Å². The van der Waals surface area contributed by atoms with E-state index in [9.17, 15) is 36.6 Å². The molecule has 166 valence electrons. The van der Waals surface area contributed by atoms with Crippen LogP contribution in [0.1, 0.15) is 17.3 Å². The fourth-order valence-electron chi connectivity index (χ4n) is 3.00.